The summed E-state index contributed by atoms with van der Waals surface area (Å²) < 4.78 is 10.2. The van der Waals surface area contributed by atoms with Gasteiger partial charge in [0.1, 0.15) is 18.3 Å². The molecule has 178 valence electrons. The first kappa shape index (κ1) is 23.7. The molecular formula is C20H20O13. The topological polar surface area (TPSA) is 235 Å². The Bertz CT molecular complexity index is 1040. The summed E-state index contributed by atoms with van der Waals surface area (Å²) >= 11 is 0. The number of aliphatic hydroxyl groups excluding tert-OH is 3. The Hall–Kier alpha value is -3.94. The molecule has 33 heavy (non-hydrogen) atoms. The Morgan fingerprint density at radius 1 is 0.667 bits per heavy atom. The maximum absolute atomic E-state index is 12.5. The number of hydrogen-bond donors (Lipinski definition) is 9. The molecule has 0 radical (unpaired) electrons. The van der Waals surface area contributed by atoms with Gasteiger partial charge in [-0.1, -0.05) is 0 Å². The standard InChI is InChI=1S/C20H20O13/c21-8-1-6(2-9(22)14(8)26)19(30)32-13-5-12(25)16(28)17(29)18(13)33-20(31)7-3-10(23)15(27)11(24)4-7/h1-4,12-13,16-18,21-29H,5H2/t12-,13-,16+,17-,18+/m0/s1. The lowest BCUT2D eigenvalue weighted by Gasteiger charge is -2.39. The van der Waals surface area contributed by atoms with E-state index in [2.05, 4.69) is 0 Å². The highest BCUT2D eigenvalue weighted by molar-refractivity contribution is 5.92. The summed E-state index contributed by atoms with van der Waals surface area (Å²) in [6.07, 6.45) is -9.08. The van der Waals surface area contributed by atoms with E-state index in [1.54, 1.807) is 0 Å². The van der Waals surface area contributed by atoms with Gasteiger partial charge < -0.3 is 55.4 Å². The van der Waals surface area contributed by atoms with Gasteiger partial charge in [0.05, 0.1) is 17.2 Å². The lowest BCUT2D eigenvalue weighted by atomic mass is 9.87. The van der Waals surface area contributed by atoms with E-state index < -0.39 is 94.5 Å². The second kappa shape index (κ2) is 8.90. The van der Waals surface area contributed by atoms with E-state index in [0.717, 1.165) is 24.3 Å². The van der Waals surface area contributed by atoms with E-state index in [9.17, 15) is 55.5 Å². The molecule has 0 aliphatic heterocycles. The van der Waals surface area contributed by atoms with Gasteiger partial charge in [0.25, 0.3) is 0 Å². The van der Waals surface area contributed by atoms with Gasteiger partial charge in [0, 0.05) is 6.42 Å². The summed E-state index contributed by atoms with van der Waals surface area (Å²) in [7, 11) is 0. The van der Waals surface area contributed by atoms with Gasteiger partial charge in [0.15, 0.2) is 40.6 Å². The van der Waals surface area contributed by atoms with E-state index in [-0.39, 0.29) is 0 Å². The van der Waals surface area contributed by atoms with Gasteiger partial charge in [-0.2, -0.15) is 0 Å². The zero-order chi connectivity index (χ0) is 24.6. The van der Waals surface area contributed by atoms with E-state index >= 15 is 0 Å². The molecule has 2 aromatic carbocycles. The second-order valence-corrected chi connectivity index (χ2v) is 7.32. The minimum absolute atomic E-state index is 0.434. The van der Waals surface area contributed by atoms with Crippen molar-refractivity contribution in [1.29, 1.82) is 0 Å². The molecule has 0 saturated heterocycles. The number of esters is 2. The lowest BCUT2D eigenvalue weighted by molar-refractivity contribution is -0.178. The van der Waals surface area contributed by atoms with Crippen LogP contribution in [0, 0.1) is 0 Å². The number of benzene rings is 2. The number of rotatable bonds is 4. The van der Waals surface area contributed by atoms with Crippen LogP contribution in [-0.4, -0.2) is 88.4 Å². The monoisotopic (exact) mass is 468 g/mol. The van der Waals surface area contributed by atoms with Crippen LogP contribution in [0.25, 0.3) is 0 Å². The summed E-state index contributed by atoms with van der Waals surface area (Å²) in [5.74, 6) is -7.61. The van der Waals surface area contributed by atoms with Crippen molar-refractivity contribution in [2.45, 2.75) is 36.9 Å². The van der Waals surface area contributed by atoms with Crippen LogP contribution in [0.15, 0.2) is 24.3 Å². The predicted octanol–water partition coefficient (Wildman–Crippen LogP) is -0.842. The number of hydrogen-bond acceptors (Lipinski definition) is 13. The van der Waals surface area contributed by atoms with E-state index in [0.29, 0.717) is 0 Å². The number of phenols is 6. The molecular weight excluding hydrogens is 448 g/mol. The van der Waals surface area contributed by atoms with Crippen molar-refractivity contribution in [1.82, 2.24) is 0 Å². The molecule has 5 atom stereocenters. The minimum Gasteiger partial charge on any atom is -0.504 e. The summed E-state index contributed by atoms with van der Waals surface area (Å²) in [6.45, 7) is 0. The van der Waals surface area contributed by atoms with Crippen molar-refractivity contribution in [3.63, 3.8) is 0 Å². The van der Waals surface area contributed by atoms with Crippen LogP contribution in [0.5, 0.6) is 34.5 Å². The highest BCUT2D eigenvalue weighted by atomic mass is 16.6. The Kier molecular flexibility index (Phi) is 6.39. The Morgan fingerprint density at radius 2 is 1.06 bits per heavy atom. The maximum Gasteiger partial charge on any atom is 0.338 e. The van der Waals surface area contributed by atoms with Crippen molar-refractivity contribution in [2.24, 2.45) is 0 Å². The molecule has 0 bridgehead atoms. The summed E-state index contributed by atoms with van der Waals surface area (Å²) in [5, 5.41) is 87.2. The third kappa shape index (κ3) is 4.64. The number of carbonyl (C=O) groups is 2. The molecule has 0 spiro atoms. The summed E-state index contributed by atoms with van der Waals surface area (Å²) in [6, 6.07) is 3.04. The van der Waals surface area contributed by atoms with Crippen LogP contribution in [0.1, 0.15) is 27.1 Å². The normalized spacial score (nSPS) is 24.8. The van der Waals surface area contributed by atoms with Gasteiger partial charge >= 0.3 is 11.9 Å². The van der Waals surface area contributed by atoms with Crippen LogP contribution in [0.2, 0.25) is 0 Å². The van der Waals surface area contributed by atoms with Gasteiger partial charge in [-0.05, 0) is 24.3 Å². The zero-order valence-electron chi connectivity index (χ0n) is 16.6. The van der Waals surface area contributed by atoms with Crippen LogP contribution in [0.3, 0.4) is 0 Å². The molecule has 13 heteroatoms. The second-order valence-electron chi connectivity index (χ2n) is 7.32. The van der Waals surface area contributed by atoms with E-state index in [1.165, 1.54) is 0 Å². The van der Waals surface area contributed by atoms with Gasteiger partial charge in [-0.3, -0.25) is 0 Å². The Labute approximate surface area is 184 Å². The molecule has 3 rings (SSSR count). The fourth-order valence-corrected chi connectivity index (χ4v) is 3.26. The molecule has 1 fully saturated rings. The fraction of sp³-hybridized carbons (Fsp3) is 0.300. The van der Waals surface area contributed by atoms with Crippen molar-refractivity contribution in [3.8, 4) is 34.5 Å². The van der Waals surface area contributed by atoms with Crippen LogP contribution >= 0.6 is 0 Å². The molecule has 9 N–H and O–H groups in total. The summed E-state index contributed by atoms with van der Waals surface area (Å²) in [5.41, 5.74) is -0.898. The SMILES string of the molecule is O=C(O[C@H]1[C@@H](O)[C@H](O)[C@@H](O)C[C@@H]1OC(=O)c1cc(O)c(O)c(O)c1)c1cc(O)c(O)c(O)c1. The van der Waals surface area contributed by atoms with Gasteiger partial charge in [-0.15, -0.1) is 0 Å². The zero-order valence-corrected chi connectivity index (χ0v) is 16.6. The molecule has 1 aliphatic rings. The first-order valence-electron chi connectivity index (χ1n) is 9.36. The van der Waals surface area contributed by atoms with E-state index in [4.69, 9.17) is 9.47 Å². The average molecular weight is 468 g/mol. The Morgan fingerprint density at radius 3 is 1.48 bits per heavy atom. The third-order valence-corrected chi connectivity index (χ3v) is 5.03. The van der Waals surface area contributed by atoms with Gasteiger partial charge in [0.2, 0.25) is 0 Å². The maximum atomic E-state index is 12.5. The average Bonchev–Trinajstić information content (AvgIpc) is 2.75. The van der Waals surface area contributed by atoms with Crippen molar-refractivity contribution in [3.05, 3.63) is 35.4 Å². The first-order chi connectivity index (χ1) is 15.4. The molecule has 0 unspecified atom stereocenters. The van der Waals surface area contributed by atoms with E-state index in [1.807, 2.05) is 0 Å². The van der Waals surface area contributed by atoms with Crippen molar-refractivity contribution < 1.29 is 65.0 Å². The molecule has 0 aromatic heterocycles. The number of phenolic OH excluding ortho intramolecular Hbond substituents is 6. The smallest absolute Gasteiger partial charge is 0.338 e. The van der Waals surface area contributed by atoms with Gasteiger partial charge in [-0.25, -0.2) is 9.59 Å². The number of ether oxygens (including phenoxy) is 2. The quantitative estimate of drug-likeness (QED) is 0.197. The lowest BCUT2D eigenvalue weighted by Crippen LogP contribution is -2.58. The first-order valence-corrected chi connectivity index (χ1v) is 9.36. The number of aromatic hydroxyl groups is 6. The predicted molar refractivity (Wildman–Crippen MR) is 104 cm³/mol. The largest absolute Gasteiger partial charge is 0.504 e. The number of aliphatic hydroxyl groups is 3. The van der Waals surface area contributed by atoms with Crippen LogP contribution in [0.4, 0.5) is 0 Å². The molecule has 0 heterocycles. The fourth-order valence-electron chi connectivity index (χ4n) is 3.26. The molecule has 1 saturated carbocycles. The summed E-state index contributed by atoms with van der Waals surface area (Å²) in [4.78, 5) is 24.9. The van der Waals surface area contributed by atoms with Crippen molar-refractivity contribution >= 4 is 11.9 Å². The van der Waals surface area contributed by atoms with Crippen molar-refractivity contribution in [2.75, 3.05) is 0 Å². The number of carbonyl (C=O) groups excluding carboxylic acids is 2. The molecule has 13 nitrogen and oxygen atoms in total. The molecule has 0 amide bonds. The Balaban J connectivity index is 1.86. The highest BCUT2D eigenvalue weighted by Gasteiger charge is 2.47. The van der Waals surface area contributed by atoms with Crippen LogP contribution < -0.4 is 0 Å². The third-order valence-electron chi connectivity index (χ3n) is 5.03. The van der Waals surface area contributed by atoms with Crippen LogP contribution in [-0.2, 0) is 9.47 Å². The molecule has 2 aromatic rings. The highest BCUT2D eigenvalue weighted by Crippen LogP contribution is 2.37. The minimum atomic E-state index is -1.93. The molecule has 1 aliphatic carbocycles.